The van der Waals surface area contributed by atoms with Crippen LogP contribution in [-0.4, -0.2) is 81.9 Å². The van der Waals surface area contributed by atoms with E-state index in [-0.39, 0.29) is 22.8 Å². The third-order valence-corrected chi connectivity index (χ3v) is 8.67. The van der Waals surface area contributed by atoms with Gasteiger partial charge < -0.3 is 30.6 Å². The summed E-state index contributed by atoms with van der Waals surface area (Å²) < 4.78 is 16.4. The van der Waals surface area contributed by atoms with Crippen molar-refractivity contribution in [2.45, 2.75) is 19.4 Å². The molecule has 2 saturated heterocycles. The largest absolute Gasteiger partial charge is 0.477 e. The van der Waals surface area contributed by atoms with Gasteiger partial charge in [-0.2, -0.15) is 0 Å². The summed E-state index contributed by atoms with van der Waals surface area (Å²) in [7, 11) is 3.88. The molecule has 11 nitrogen and oxygen atoms in total. The Bertz CT molecular complexity index is 1970. The first kappa shape index (κ1) is 26.2. The quantitative estimate of drug-likeness (QED) is 0.241. The summed E-state index contributed by atoms with van der Waals surface area (Å²) in [5, 5.41) is 14.5. The molecule has 12 heteroatoms. The fourth-order valence-electron chi connectivity index (χ4n) is 6.87. The van der Waals surface area contributed by atoms with Gasteiger partial charge in [0.25, 0.3) is 0 Å². The van der Waals surface area contributed by atoms with Crippen molar-refractivity contribution >= 4 is 50.3 Å². The first-order chi connectivity index (χ1) is 20.3. The number of carboxylic acid groups (broad SMARTS) is 1. The highest BCUT2D eigenvalue weighted by atomic mass is 19.1. The van der Waals surface area contributed by atoms with Gasteiger partial charge in [0.2, 0.25) is 5.43 Å². The summed E-state index contributed by atoms with van der Waals surface area (Å²) in [4.78, 5) is 42.8. The number of H-pyrrole nitrogens is 1. The second-order valence-electron chi connectivity index (χ2n) is 11.2. The van der Waals surface area contributed by atoms with E-state index in [4.69, 9.17) is 4.98 Å². The van der Waals surface area contributed by atoms with Gasteiger partial charge in [0.05, 0.1) is 27.7 Å². The molecule has 2 fully saturated rings. The van der Waals surface area contributed by atoms with Gasteiger partial charge in [-0.3, -0.25) is 4.79 Å². The zero-order valence-electron chi connectivity index (χ0n) is 23.5. The topological polar surface area (TPSA) is 131 Å². The van der Waals surface area contributed by atoms with E-state index in [1.54, 1.807) is 25.5 Å². The third-order valence-electron chi connectivity index (χ3n) is 8.67. The van der Waals surface area contributed by atoms with Crippen LogP contribution < -0.4 is 21.1 Å². The maximum Gasteiger partial charge on any atom is 0.341 e. The van der Waals surface area contributed by atoms with Crippen LogP contribution in [0.4, 0.5) is 15.8 Å². The molecule has 0 saturated carbocycles. The van der Waals surface area contributed by atoms with Crippen molar-refractivity contribution in [2.75, 3.05) is 55.9 Å². The molecule has 0 amide bonds. The molecule has 42 heavy (non-hydrogen) atoms. The SMILES string of the molecule is CCNn1cc(C(=O)O)c(=O)c2cc(-c3cnc4[nH]c5c(NC)cc(F)cc5c4c3N3CC[C@@H]4CN(C)C[C@@H]43)cnc21. The Hall–Kier alpha value is -4.71. The van der Waals surface area contributed by atoms with E-state index >= 15 is 0 Å². The highest BCUT2D eigenvalue weighted by Gasteiger charge is 2.41. The van der Waals surface area contributed by atoms with Crippen molar-refractivity contribution in [1.29, 1.82) is 0 Å². The van der Waals surface area contributed by atoms with Crippen LogP contribution in [0.25, 0.3) is 44.1 Å². The molecule has 7 rings (SSSR count). The standard InChI is InChI=1S/C30H31FN8O3/c1-4-35-39-13-21(30(41)42)27(40)19-7-16(10-34-29(19)39)20-11-33-28-24(18-8-17(31)9-22(32-2)25(18)36-28)26(20)38-6-5-15-12-37(3)14-23(15)38/h7-11,13,15,23,32,35H,4-6,12,14H2,1-3H3,(H,33,36)(H,41,42)/t15-,23+/m1/s1. The maximum atomic E-state index is 14.9. The first-order valence-electron chi connectivity index (χ1n) is 14.1. The number of hydrogen-bond donors (Lipinski definition) is 4. The van der Waals surface area contributed by atoms with E-state index < -0.39 is 11.4 Å². The minimum absolute atomic E-state index is 0.182. The van der Waals surface area contributed by atoms with E-state index in [9.17, 15) is 19.1 Å². The van der Waals surface area contributed by atoms with E-state index in [1.807, 2.05) is 6.92 Å². The van der Waals surface area contributed by atoms with Crippen molar-refractivity contribution in [3.05, 3.63) is 58.4 Å². The number of aromatic nitrogens is 4. The number of likely N-dealkylation sites (N-methyl/N-ethyl adjacent to an activating group) is 1. The monoisotopic (exact) mass is 570 g/mol. The first-order valence-corrected chi connectivity index (χ1v) is 14.1. The molecule has 5 aromatic rings. The summed E-state index contributed by atoms with van der Waals surface area (Å²) in [5.74, 6) is -1.17. The van der Waals surface area contributed by atoms with Crippen LogP contribution in [0, 0.1) is 11.7 Å². The van der Waals surface area contributed by atoms with Gasteiger partial charge in [0, 0.05) is 74.4 Å². The molecule has 0 bridgehead atoms. The number of aromatic amines is 1. The lowest BCUT2D eigenvalue weighted by molar-refractivity contribution is 0.0695. The van der Waals surface area contributed by atoms with E-state index in [1.165, 1.54) is 23.0 Å². The lowest BCUT2D eigenvalue weighted by atomic mass is 10.00. The Labute approximate surface area is 239 Å². The maximum absolute atomic E-state index is 14.9. The second kappa shape index (κ2) is 9.69. The average Bonchev–Trinajstić information content (AvgIpc) is 3.65. The van der Waals surface area contributed by atoms with Crippen LogP contribution in [-0.2, 0) is 0 Å². The van der Waals surface area contributed by atoms with Gasteiger partial charge in [0.15, 0.2) is 5.65 Å². The molecule has 2 aliphatic rings. The predicted molar refractivity (Wildman–Crippen MR) is 162 cm³/mol. The number of carboxylic acids is 1. The summed E-state index contributed by atoms with van der Waals surface area (Å²) >= 11 is 0. The number of aromatic carboxylic acids is 1. The molecular weight excluding hydrogens is 539 g/mol. The van der Waals surface area contributed by atoms with Crippen molar-refractivity contribution < 1.29 is 14.3 Å². The zero-order valence-corrected chi connectivity index (χ0v) is 23.5. The third kappa shape index (κ3) is 3.89. The van der Waals surface area contributed by atoms with Crippen molar-refractivity contribution in [2.24, 2.45) is 5.92 Å². The number of hydrogen-bond acceptors (Lipinski definition) is 8. The number of carbonyl (C=O) groups is 1. The number of likely N-dealkylation sites (tertiary alicyclic amines) is 1. The minimum atomic E-state index is -1.31. The number of rotatable bonds is 6. The van der Waals surface area contributed by atoms with Gasteiger partial charge in [-0.15, -0.1) is 0 Å². The van der Waals surface area contributed by atoms with E-state index in [0.29, 0.717) is 40.4 Å². The molecule has 0 aliphatic carbocycles. The van der Waals surface area contributed by atoms with Crippen molar-refractivity contribution in [1.82, 2.24) is 24.5 Å². The fraction of sp³-hybridized carbons (Fsp3) is 0.333. The lowest BCUT2D eigenvalue weighted by Gasteiger charge is -2.29. The van der Waals surface area contributed by atoms with E-state index in [2.05, 4.69) is 37.6 Å². The Morgan fingerprint density at radius 2 is 2.02 bits per heavy atom. The van der Waals surface area contributed by atoms with Gasteiger partial charge in [0.1, 0.15) is 17.0 Å². The lowest BCUT2D eigenvalue weighted by Crippen LogP contribution is -2.35. The van der Waals surface area contributed by atoms with Gasteiger partial charge in [-0.1, -0.05) is 0 Å². The van der Waals surface area contributed by atoms with Crippen LogP contribution in [0.1, 0.15) is 23.7 Å². The predicted octanol–water partition coefficient (Wildman–Crippen LogP) is 3.68. The van der Waals surface area contributed by atoms with Gasteiger partial charge in [-0.05, 0) is 44.5 Å². The number of anilines is 2. The summed E-state index contributed by atoms with van der Waals surface area (Å²) in [6.07, 6.45) is 5.75. The van der Waals surface area contributed by atoms with Crippen LogP contribution in [0.3, 0.4) is 0 Å². The zero-order chi connectivity index (χ0) is 29.3. The molecule has 1 aromatic carbocycles. The van der Waals surface area contributed by atoms with E-state index in [0.717, 1.165) is 48.2 Å². The van der Waals surface area contributed by atoms with Crippen LogP contribution in [0.5, 0.6) is 0 Å². The summed E-state index contributed by atoms with van der Waals surface area (Å²) in [6, 6.07) is 4.95. The molecule has 216 valence electrons. The Morgan fingerprint density at radius 1 is 1.19 bits per heavy atom. The Morgan fingerprint density at radius 3 is 2.79 bits per heavy atom. The highest BCUT2D eigenvalue weighted by Crippen LogP contribution is 2.46. The molecule has 4 aromatic heterocycles. The fourth-order valence-corrected chi connectivity index (χ4v) is 6.87. The molecule has 0 radical (unpaired) electrons. The number of nitrogens with zero attached hydrogens (tertiary/aromatic N) is 5. The molecule has 0 unspecified atom stereocenters. The highest BCUT2D eigenvalue weighted by molar-refractivity contribution is 6.18. The Kier molecular flexibility index (Phi) is 6.05. The van der Waals surface area contributed by atoms with Crippen LogP contribution in [0.2, 0.25) is 0 Å². The molecular formula is C30H31FN8O3. The Balaban J connectivity index is 1.54. The minimum Gasteiger partial charge on any atom is -0.477 e. The van der Waals surface area contributed by atoms with Crippen LogP contribution >= 0.6 is 0 Å². The number of benzene rings is 1. The normalized spacial score (nSPS) is 18.8. The number of pyridine rings is 3. The summed E-state index contributed by atoms with van der Waals surface area (Å²) in [5.41, 5.74) is 6.74. The number of fused-ring (bicyclic) bond motifs is 5. The molecule has 4 N–H and O–H groups in total. The number of halogens is 1. The number of nitrogens with one attached hydrogen (secondary N) is 3. The molecule has 6 heterocycles. The van der Waals surface area contributed by atoms with Gasteiger partial charge >= 0.3 is 5.97 Å². The van der Waals surface area contributed by atoms with Crippen molar-refractivity contribution in [3.63, 3.8) is 0 Å². The van der Waals surface area contributed by atoms with Crippen LogP contribution in [0.15, 0.2) is 41.6 Å². The van der Waals surface area contributed by atoms with Gasteiger partial charge in [-0.25, -0.2) is 23.8 Å². The summed E-state index contributed by atoms with van der Waals surface area (Å²) in [6.45, 7) is 5.12. The second-order valence-corrected chi connectivity index (χ2v) is 11.2. The molecule has 2 atom stereocenters. The molecule has 2 aliphatic heterocycles. The molecule has 0 spiro atoms. The smallest absolute Gasteiger partial charge is 0.341 e. The van der Waals surface area contributed by atoms with Crippen molar-refractivity contribution in [3.8, 4) is 11.1 Å². The average molecular weight is 571 g/mol.